The molecule has 0 bridgehead atoms. The molecule has 0 unspecified atom stereocenters. The normalized spacial score (nSPS) is 16.0. The molecule has 0 atom stereocenters. The van der Waals surface area contributed by atoms with E-state index < -0.39 is 18.1 Å². The van der Waals surface area contributed by atoms with Crippen LogP contribution in [0.3, 0.4) is 0 Å². The second-order valence-electron chi connectivity index (χ2n) is 5.42. The van der Waals surface area contributed by atoms with E-state index in [2.05, 4.69) is 15.4 Å². The maximum atomic E-state index is 13.9. The number of hydrogen-bond donors (Lipinski definition) is 1. The SMILES string of the molecule is Fc1ccccc1-n1nc(C(F)F)nc1OCC1CCNCC1. The van der Waals surface area contributed by atoms with Crippen LogP contribution in [0.5, 0.6) is 6.01 Å². The highest BCUT2D eigenvalue weighted by Crippen LogP contribution is 2.24. The van der Waals surface area contributed by atoms with Gasteiger partial charge in [-0.15, -0.1) is 5.10 Å². The van der Waals surface area contributed by atoms with E-state index in [-0.39, 0.29) is 11.7 Å². The zero-order valence-corrected chi connectivity index (χ0v) is 12.4. The highest BCUT2D eigenvalue weighted by Gasteiger charge is 2.22. The van der Waals surface area contributed by atoms with Crippen LogP contribution in [0.15, 0.2) is 24.3 Å². The Balaban J connectivity index is 1.84. The average Bonchev–Trinajstić information content (AvgIpc) is 2.99. The van der Waals surface area contributed by atoms with Gasteiger partial charge in [0.2, 0.25) is 5.82 Å². The first-order valence-corrected chi connectivity index (χ1v) is 7.48. The number of benzene rings is 1. The van der Waals surface area contributed by atoms with E-state index in [1.165, 1.54) is 18.2 Å². The van der Waals surface area contributed by atoms with Crippen LogP contribution in [-0.2, 0) is 0 Å². The Morgan fingerprint density at radius 3 is 2.70 bits per heavy atom. The molecule has 5 nitrogen and oxygen atoms in total. The van der Waals surface area contributed by atoms with Crippen LogP contribution in [0, 0.1) is 11.7 Å². The fourth-order valence-corrected chi connectivity index (χ4v) is 2.52. The molecule has 1 saturated heterocycles. The van der Waals surface area contributed by atoms with E-state index in [9.17, 15) is 13.2 Å². The van der Waals surface area contributed by atoms with Crippen LogP contribution >= 0.6 is 0 Å². The lowest BCUT2D eigenvalue weighted by molar-refractivity contribution is 0.139. The molecule has 1 aromatic heterocycles. The Hall–Kier alpha value is -2.09. The van der Waals surface area contributed by atoms with Gasteiger partial charge in [0.05, 0.1) is 6.61 Å². The Bertz CT molecular complexity index is 656. The summed E-state index contributed by atoms with van der Waals surface area (Å²) in [6.07, 6.45) is -0.963. The van der Waals surface area contributed by atoms with Gasteiger partial charge in [-0.3, -0.25) is 0 Å². The molecule has 1 fully saturated rings. The number of ether oxygens (including phenoxy) is 1. The predicted octanol–water partition coefficient (Wildman–Crippen LogP) is 2.72. The Morgan fingerprint density at radius 2 is 2.00 bits per heavy atom. The third kappa shape index (κ3) is 3.64. The molecule has 0 spiro atoms. The van der Waals surface area contributed by atoms with Crippen molar-refractivity contribution in [1.29, 1.82) is 0 Å². The highest BCUT2D eigenvalue weighted by molar-refractivity contribution is 5.34. The molecule has 2 heterocycles. The second kappa shape index (κ2) is 6.99. The van der Waals surface area contributed by atoms with Crippen molar-refractivity contribution in [1.82, 2.24) is 20.1 Å². The molecule has 1 aliphatic heterocycles. The number of aromatic nitrogens is 3. The minimum absolute atomic E-state index is 0.0345. The Morgan fingerprint density at radius 1 is 1.26 bits per heavy atom. The van der Waals surface area contributed by atoms with Crippen LogP contribution in [0.2, 0.25) is 0 Å². The molecule has 0 saturated carbocycles. The van der Waals surface area contributed by atoms with E-state index in [0.717, 1.165) is 30.6 Å². The molecule has 0 aliphatic carbocycles. The van der Waals surface area contributed by atoms with Gasteiger partial charge in [-0.25, -0.2) is 13.2 Å². The van der Waals surface area contributed by atoms with Crippen molar-refractivity contribution >= 4 is 0 Å². The van der Waals surface area contributed by atoms with Gasteiger partial charge in [-0.05, 0) is 44.0 Å². The summed E-state index contributed by atoms with van der Waals surface area (Å²) in [6, 6.07) is 5.67. The second-order valence-corrected chi connectivity index (χ2v) is 5.42. The van der Waals surface area contributed by atoms with Gasteiger partial charge in [-0.2, -0.15) is 9.67 Å². The molecule has 1 aromatic carbocycles. The molecular formula is C15H17F3N4O. The van der Waals surface area contributed by atoms with E-state index in [1.807, 2.05) is 0 Å². The van der Waals surface area contributed by atoms with Crippen molar-refractivity contribution in [3.8, 4) is 11.7 Å². The summed E-state index contributed by atoms with van der Waals surface area (Å²) in [5.74, 6) is -0.935. The summed E-state index contributed by atoms with van der Waals surface area (Å²) in [5.41, 5.74) is 0.0345. The molecule has 23 heavy (non-hydrogen) atoms. The molecule has 1 N–H and O–H groups in total. The lowest BCUT2D eigenvalue weighted by Crippen LogP contribution is -2.30. The molecule has 8 heteroatoms. The fraction of sp³-hybridized carbons (Fsp3) is 0.467. The predicted molar refractivity (Wildman–Crippen MR) is 77.4 cm³/mol. The maximum Gasteiger partial charge on any atom is 0.320 e. The topological polar surface area (TPSA) is 52.0 Å². The van der Waals surface area contributed by atoms with Gasteiger partial charge in [0.25, 0.3) is 6.43 Å². The van der Waals surface area contributed by atoms with E-state index >= 15 is 0 Å². The number of halogens is 3. The maximum absolute atomic E-state index is 13.9. The fourth-order valence-electron chi connectivity index (χ4n) is 2.52. The monoisotopic (exact) mass is 326 g/mol. The van der Waals surface area contributed by atoms with Crippen molar-refractivity contribution in [3.05, 3.63) is 35.9 Å². The summed E-state index contributed by atoms with van der Waals surface area (Å²) in [4.78, 5) is 3.71. The van der Waals surface area contributed by atoms with Crippen LogP contribution in [0.4, 0.5) is 13.2 Å². The standard InChI is InChI=1S/C15H17F3N4O/c16-11-3-1-2-4-12(11)22-15(20-14(21-22)13(17)18)23-9-10-5-7-19-8-6-10/h1-4,10,13,19H,5-9H2. The van der Waals surface area contributed by atoms with Gasteiger partial charge in [0.15, 0.2) is 0 Å². The van der Waals surface area contributed by atoms with Crippen LogP contribution in [0.25, 0.3) is 5.69 Å². The van der Waals surface area contributed by atoms with E-state index in [1.54, 1.807) is 6.07 Å². The van der Waals surface area contributed by atoms with Crippen molar-refractivity contribution in [2.45, 2.75) is 19.3 Å². The van der Waals surface area contributed by atoms with Gasteiger partial charge in [0.1, 0.15) is 11.5 Å². The average molecular weight is 326 g/mol. The van der Waals surface area contributed by atoms with Gasteiger partial charge in [0, 0.05) is 0 Å². The number of nitrogens with one attached hydrogen (secondary N) is 1. The minimum Gasteiger partial charge on any atom is -0.463 e. The molecular weight excluding hydrogens is 309 g/mol. The zero-order chi connectivity index (χ0) is 16.2. The van der Waals surface area contributed by atoms with E-state index in [0.29, 0.717) is 12.5 Å². The van der Waals surface area contributed by atoms with Gasteiger partial charge < -0.3 is 10.1 Å². The lowest BCUT2D eigenvalue weighted by atomic mass is 9.99. The number of hydrogen-bond acceptors (Lipinski definition) is 4. The summed E-state index contributed by atoms with van der Waals surface area (Å²) in [5, 5.41) is 6.92. The van der Waals surface area contributed by atoms with Crippen LogP contribution in [-0.4, -0.2) is 34.5 Å². The quantitative estimate of drug-likeness (QED) is 0.918. The first-order valence-electron chi connectivity index (χ1n) is 7.48. The largest absolute Gasteiger partial charge is 0.463 e. The Labute approximate surface area is 131 Å². The third-order valence-corrected chi connectivity index (χ3v) is 3.78. The van der Waals surface area contributed by atoms with Crippen molar-refractivity contribution in [3.63, 3.8) is 0 Å². The lowest BCUT2D eigenvalue weighted by Gasteiger charge is -2.22. The highest BCUT2D eigenvalue weighted by atomic mass is 19.3. The minimum atomic E-state index is -2.84. The number of para-hydroxylation sites is 1. The summed E-state index contributed by atoms with van der Waals surface area (Å²) >= 11 is 0. The van der Waals surface area contributed by atoms with Crippen molar-refractivity contribution in [2.24, 2.45) is 5.92 Å². The number of rotatable bonds is 5. The third-order valence-electron chi connectivity index (χ3n) is 3.78. The van der Waals surface area contributed by atoms with Crippen molar-refractivity contribution < 1.29 is 17.9 Å². The van der Waals surface area contributed by atoms with E-state index in [4.69, 9.17) is 4.74 Å². The number of piperidine rings is 1. The molecule has 0 radical (unpaired) electrons. The van der Waals surface area contributed by atoms with Gasteiger partial charge in [-0.1, -0.05) is 12.1 Å². The van der Waals surface area contributed by atoms with Gasteiger partial charge >= 0.3 is 6.01 Å². The molecule has 3 rings (SSSR count). The zero-order valence-electron chi connectivity index (χ0n) is 12.4. The first-order chi connectivity index (χ1) is 11.1. The molecule has 124 valence electrons. The first kappa shape index (κ1) is 15.8. The van der Waals surface area contributed by atoms with Crippen molar-refractivity contribution in [2.75, 3.05) is 19.7 Å². The molecule has 1 aliphatic rings. The number of nitrogens with zero attached hydrogens (tertiary/aromatic N) is 3. The van der Waals surface area contributed by atoms with Crippen LogP contribution in [0.1, 0.15) is 25.1 Å². The van der Waals surface area contributed by atoms with Crippen LogP contribution < -0.4 is 10.1 Å². The molecule has 2 aromatic rings. The smallest absolute Gasteiger partial charge is 0.320 e. The number of alkyl halides is 2. The summed E-state index contributed by atoms with van der Waals surface area (Å²) < 4.78 is 46.2. The molecule has 0 amide bonds. The summed E-state index contributed by atoms with van der Waals surface area (Å²) in [7, 11) is 0. The Kier molecular flexibility index (Phi) is 4.80. The summed E-state index contributed by atoms with van der Waals surface area (Å²) in [6.45, 7) is 2.14.